The Balaban J connectivity index is 1.72. The summed E-state index contributed by atoms with van der Waals surface area (Å²) in [6, 6.07) is 16.1. The first-order chi connectivity index (χ1) is 12.2. The predicted molar refractivity (Wildman–Crippen MR) is 99.3 cm³/mol. The number of fused-ring (bicyclic) bond motifs is 4. The highest BCUT2D eigenvalue weighted by Gasteiger charge is 2.29. The number of hydrogen-bond acceptors (Lipinski definition) is 3. The molecule has 0 aromatic heterocycles. The van der Waals surface area contributed by atoms with Crippen molar-refractivity contribution < 1.29 is 14.3 Å². The predicted octanol–water partition coefficient (Wildman–Crippen LogP) is 4.81. The lowest BCUT2D eigenvalue weighted by Crippen LogP contribution is -2.23. The summed E-state index contributed by atoms with van der Waals surface area (Å²) in [5.74, 6) is 1.51. The van der Waals surface area contributed by atoms with E-state index >= 15 is 0 Å². The lowest BCUT2D eigenvalue weighted by Gasteiger charge is -2.28. The number of halogens is 1. The minimum Gasteiger partial charge on any atom is -0.454 e. The van der Waals surface area contributed by atoms with E-state index in [0.717, 1.165) is 43.6 Å². The first kappa shape index (κ1) is 14.8. The minimum absolute atomic E-state index is 0.0147. The molecular formula is C20H14BrNO3. The molecule has 2 aliphatic rings. The van der Waals surface area contributed by atoms with E-state index in [2.05, 4.69) is 33.4 Å². The molecule has 4 nitrogen and oxygen atoms in total. The monoisotopic (exact) mass is 395 g/mol. The molecule has 25 heavy (non-hydrogen) atoms. The third kappa shape index (κ3) is 2.30. The van der Waals surface area contributed by atoms with Crippen LogP contribution in [0.15, 0.2) is 53.0 Å². The van der Waals surface area contributed by atoms with E-state index in [9.17, 15) is 4.79 Å². The molecule has 5 heteroatoms. The maximum absolute atomic E-state index is 12.4. The Morgan fingerprint density at radius 3 is 2.68 bits per heavy atom. The molecule has 1 N–H and O–H groups in total. The standard InChI is InChI=1S/C20H14BrNO3/c21-16-8-15-14(11-5-6-17-18(7-11)25-10-24-17)9-19(23)22-20(15)13-4-2-1-3-12(13)16/h1-8,14H,9-10H2,(H,22,23). The van der Waals surface area contributed by atoms with Crippen LogP contribution < -0.4 is 14.8 Å². The minimum atomic E-state index is -0.0147. The topological polar surface area (TPSA) is 47.6 Å². The summed E-state index contributed by atoms with van der Waals surface area (Å²) in [4.78, 5) is 12.4. The molecule has 1 unspecified atom stereocenters. The molecule has 2 aliphatic heterocycles. The first-order valence-electron chi connectivity index (χ1n) is 8.11. The Hall–Kier alpha value is -2.53. The van der Waals surface area contributed by atoms with Gasteiger partial charge in [0.2, 0.25) is 12.7 Å². The van der Waals surface area contributed by atoms with Crippen molar-refractivity contribution in [3.63, 3.8) is 0 Å². The first-order valence-corrected chi connectivity index (χ1v) is 8.90. The molecule has 0 aliphatic carbocycles. The maximum atomic E-state index is 12.4. The van der Waals surface area contributed by atoms with E-state index in [1.807, 2.05) is 36.4 Å². The number of amides is 1. The SMILES string of the molecule is O=C1CC(c2ccc3c(c2)OCO3)c2cc(Br)c3ccccc3c2N1. The van der Waals surface area contributed by atoms with Gasteiger partial charge in [-0.15, -0.1) is 0 Å². The highest BCUT2D eigenvalue weighted by Crippen LogP contribution is 2.45. The fraction of sp³-hybridized carbons (Fsp3) is 0.150. The summed E-state index contributed by atoms with van der Waals surface area (Å²) in [5.41, 5.74) is 3.07. The molecule has 0 spiro atoms. The Labute approximate surface area is 152 Å². The highest BCUT2D eigenvalue weighted by molar-refractivity contribution is 9.10. The normalized spacial score (nSPS) is 18.1. The molecule has 0 saturated heterocycles. The molecular weight excluding hydrogens is 382 g/mol. The summed E-state index contributed by atoms with van der Waals surface area (Å²) in [6.07, 6.45) is 0.414. The second-order valence-electron chi connectivity index (χ2n) is 6.29. The van der Waals surface area contributed by atoms with Gasteiger partial charge in [-0.1, -0.05) is 46.3 Å². The van der Waals surface area contributed by atoms with Gasteiger partial charge in [-0.3, -0.25) is 4.79 Å². The largest absolute Gasteiger partial charge is 0.454 e. The molecule has 2 heterocycles. The van der Waals surface area contributed by atoms with E-state index in [1.54, 1.807) is 0 Å². The van der Waals surface area contributed by atoms with Crippen LogP contribution in [-0.2, 0) is 4.79 Å². The molecule has 0 fully saturated rings. The Kier molecular flexibility index (Phi) is 3.25. The number of carbonyl (C=O) groups excluding carboxylic acids is 1. The van der Waals surface area contributed by atoms with Crippen molar-refractivity contribution in [1.82, 2.24) is 0 Å². The zero-order valence-electron chi connectivity index (χ0n) is 13.2. The van der Waals surface area contributed by atoms with Gasteiger partial charge >= 0.3 is 0 Å². The summed E-state index contributed by atoms with van der Waals surface area (Å²) in [5, 5.41) is 5.20. The van der Waals surface area contributed by atoms with Crippen molar-refractivity contribution in [2.75, 3.05) is 12.1 Å². The lowest BCUT2D eigenvalue weighted by atomic mass is 9.83. The second-order valence-corrected chi connectivity index (χ2v) is 7.14. The zero-order chi connectivity index (χ0) is 17.0. The van der Waals surface area contributed by atoms with Gasteiger partial charge < -0.3 is 14.8 Å². The number of nitrogens with one attached hydrogen (secondary N) is 1. The summed E-state index contributed by atoms with van der Waals surface area (Å²) >= 11 is 3.68. The van der Waals surface area contributed by atoms with E-state index in [0.29, 0.717) is 6.42 Å². The van der Waals surface area contributed by atoms with Gasteiger partial charge in [-0.2, -0.15) is 0 Å². The van der Waals surface area contributed by atoms with E-state index in [1.165, 1.54) is 0 Å². The van der Waals surface area contributed by atoms with Gasteiger partial charge in [-0.25, -0.2) is 0 Å². The molecule has 0 bridgehead atoms. The molecule has 0 saturated carbocycles. The van der Waals surface area contributed by atoms with Crippen molar-refractivity contribution >= 4 is 38.3 Å². The zero-order valence-corrected chi connectivity index (χ0v) is 14.8. The fourth-order valence-electron chi connectivity index (χ4n) is 3.68. The van der Waals surface area contributed by atoms with Crippen molar-refractivity contribution in [2.24, 2.45) is 0 Å². The highest BCUT2D eigenvalue weighted by atomic mass is 79.9. The third-order valence-electron chi connectivity index (χ3n) is 4.85. The van der Waals surface area contributed by atoms with Crippen molar-refractivity contribution in [3.05, 3.63) is 64.1 Å². The summed E-state index contributed by atoms with van der Waals surface area (Å²) < 4.78 is 11.9. The lowest BCUT2D eigenvalue weighted by molar-refractivity contribution is -0.116. The van der Waals surface area contributed by atoms with E-state index < -0.39 is 0 Å². The van der Waals surface area contributed by atoms with Gasteiger partial charge in [0.05, 0.1) is 5.69 Å². The van der Waals surface area contributed by atoms with Crippen LogP contribution in [0.1, 0.15) is 23.5 Å². The van der Waals surface area contributed by atoms with Crippen LogP contribution in [0.2, 0.25) is 0 Å². The Morgan fingerprint density at radius 2 is 1.80 bits per heavy atom. The smallest absolute Gasteiger partial charge is 0.231 e. The van der Waals surface area contributed by atoms with Crippen LogP contribution in [0.3, 0.4) is 0 Å². The second kappa shape index (κ2) is 5.49. The van der Waals surface area contributed by atoms with Crippen molar-refractivity contribution in [1.29, 1.82) is 0 Å². The Morgan fingerprint density at radius 1 is 1.00 bits per heavy atom. The number of benzene rings is 3. The van der Waals surface area contributed by atoms with Crippen LogP contribution in [0.5, 0.6) is 11.5 Å². The van der Waals surface area contributed by atoms with Crippen molar-refractivity contribution in [2.45, 2.75) is 12.3 Å². The van der Waals surface area contributed by atoms with Gasteiger partial charge in [0.25, 0.3) is 0 Å². The quantitative estimate of drug-likeness (QED) is 0.643. The summed E-state index contributed by atoms with van der Waals surface area (Å²) in [7, 11) is 0. The molecule has 3 aromatic rings. The van der Waals surface area contributed by atoms with Gasteiger partial charge in [0, 0.05) is 22.2 Å². The third-order valence-corrected chi connectivity index (χ3v) is 5.51. The number of ether oxygens (including phenoxy) is 2. The van der Waals surface area contributed by atoms with Gasteiger partial charge in [0.1, 0.15) is 0 Å². The average molecular weight is 396 g/mol. The van der Waals surface area contributed by atoms with Crippen molar-refractivity contribution in [3.8, 4) is 11.5 Å². The fourth-order valence-corrected chi connectivity index (χ4v) is 4.27. The van der Waals surface area contributed by atoms with Gasteiger partial charge in [0.15, 0.2) is 11.5 Å². The number of carbonyl (C=O) groups is 1. The van der Waals surface area contributed by atoms with Crippen LogP contribution >= 0.6 is 15.9 Å². The van der Waals surface area contributed by atoms with E-state index in [4.69, 9.17) is 9.47 Å². The molecule has 124 valence electrons. The Bertz CT molecular complexity index is 1030. The average Bonchev–Trinajstić information content (AvgIpc) is 3.10. The number of hydrogen-bond donors (Lipinski definition) is 1. The van der Waals surface area contributed by atoms with Gasteiger partial charge in [-0.05, 0) is 34.7 Å². The molecule has 3 aromatic carbocycles. The van der Waals surface area contributed by atoms with Crippen LogP contribution in [0.25, 0.3) is 10.8 Å². The number of anilines is 1. The molecule has 0 radical (unpaired) electrons. The van der Waals surface area contributed by atoms with Crippen LogP contribution in [0, 0.1) is 0 Å². The molecule has 5 rings (SSSR count). The molecule has 1 atom stereocenters. The maximum Gasteiger partial charge on any atom is 0.231 e. The van der Waals surface area contributed by atoms with Crippen LogP contribution in [0.4, 0.5) is 5.69 Å². The van der Waals surface area contributed by atoms with Crippen LogP contribution in [-0.4, -0.2) is 12.7 Å². The summed E-state index contributed by atoms with van der Waals surface area (Å²) in [6.45, 7) is 0.247. The molecule has 1 amide bonds. The van der Waals surface area contributed by atoms with E-state index in [-0.39, 0.29) is 18.6 Å². The number of rotatable bonds is 1.